The van der Waals surface area contributed by atoms with Gasteiger partial charge in [-0.3, -0.25) is 0 Å². The van der Waals surface area contributed by atoms with Crippen molar-refractivity contribution in [1.29, 1.82) is 0 Å². The third kappa shape index (κ3) is 1.94. The summed E-state index contributed by atoms with van der Waals surface area (Å²) < 4.78 is 0. The van der Waals surface area contributed by atoms with Gasteiger partial charge in [0.25, 0.3) is 0 Å². The summed E-state index contributed by atoms with van der Waals surface area (Å²) in [5.74, 6) is 2.62. The molecule has 0 N–H and O–H groups in total. The molecular weight excluding hydrogens is 148 g/mol. The van der Waals surface area contributed by atoms with Crippen molar-refractivity contribution in [3.63, 3.8) is 0 Å². The first kappa shape index (κ1) is 7.55. The lowest BCUT2D eigenvalue weighted by atomic mass is 10.4. The minimum absolute atomic E-state index is 0.758. The predicted octanol–water partition coefficient (Wildman–Crippen LogP) is 2.76. The molecule has 1 atom stereocenters. The van der Waals surface area contributed by atoms with Gasteiger partial charge in [-0.1, -0.05) is 6.08 Å². The van der Waals surface area contributed by atoms with Crippen LogP contribution in [-0.2, 0) is 0 Å². The molecule has 0 saturated carbocycles. The van der Waals surface area contributed by atoms with Crippen molar-refractivity contribution >= 4 is 23.5 Å². The highest BCUT2D eigenvalue weighted by Crippen LogP contribution is 2.33. The Morgan fingerprint density at radius 3 is 2.78 bits per heavy atom. The molecule has 1 aliphatic rings. The summed E-state index contributed by atoms with van der Waals surface area (Å²) in [5.41, 5.74) is 0. The van der Waals surface area contributed by atoms with Gasteiger partial charge >= 0.3 is 0 Å². The number of hydrogen-bond acceptors (Lipinski definition) is 2. The van der Waals surface area contributed by atoms with Crippen LogP contribution in [0.25, 0.3) is 0 Å². The highest BCUT2D eigenvalue weighted by Gasteiger charge is 2.13. The molecule has 0 aromatic heterocycles. The molecule has 52 valence electrons. The Labute approximate surface area is 65.5 Å². The molecule has 1 heterocycles. The van der Waals surface area contributed by atoms with Gasteiger partial charge in [0.15, 0.2) is 0 Å². The summed E-state index contributed by atoms with van der Waals surface area (Å²) in [4.78, 5) is 1.56. The highest BCUT2D eigenvalue weighted by atomic mass is 32.2. The molecule has 0 aromatic rings. The minimum Gasteiger partial charge on any atom is -0.153 e. The standard InChI is InChI=1S/C7H12S2/c1-3-7-6(2)8-4-5-9-7/h3,6H,4-5H2,1-2H3/b7-3+. The maximum Gasteiger partial charge on any atom is 0.0325 e. The van der Waals surface area contributed by atoms with Crippen LogP contribution in [0.4, 0.5) is 0 Å². The maximum atomic E-state index is 2.28. The van der Waals surface area contributed by atoms with Crippen molar-refractivity contribution in [2.75, 3.05) is 11.5 Å². The molecular formula is C7H12S2. The van der Waals surface area contributed by atoms with E-state index in [9.17, 15) is 0 Å². The average molecular weight is 160 g/mol. The topological polar surface area (TPSA) is 0 Å². The Morgan fingerprint density at radius 1 is 1.56 bits per heavy atom. The van der Waals surface area contributed by atoms with Gasteiger partial charge in [-0.25, -0.2) is 0 Å². The van der Waals surface area contributed by atoms with Gasteiger partial charge in [0.05, 0.1) is 0 Å². The highest BCUT2D eigenvalue weighted by molar-refractivity contribution is 8.09. The SMILES string of the molecule is C/C=C1/SCCSC1C. The molecule has 0 bridgehead atoms. The van der Waals surface area contributed by atoms with Crippen LogP contribution < -0.4 is 0 Å². The van der Waals surface area contributed by atoms with Gasteiger partial charge in [0.2, 0.25) is 0 Å². The largest absolute Gasteiger partial charge is 0.153 e. The van der Waals surface area contributed by atoms with E-state index in [0.717, 1.165) is 5.25 Å². The molecule has 0 aliphatic carbocycles. The quantitative estimate of drug-likeness (QED) is 0.534. The number of thioether (sulfide) groups is 2. The van der Waals surface area contributed by atoms with Crippen molar-refractivity contribution in [3.05, 3.63) is 11.0 Å². The van der Waals surface area contributed by atoms with E-state index in [1.807, 2.05) is 11.8 Å². The van der Waals surface area contributed by atoms with E-state index in [-0.39, 0.29) is 0 Å². The van der Waals surface area contributed by atoms with Gasteiger partial charge in [0.1, 0.15) is 0 Å². The number of allylic oxidation sites excluding steroid dienone is 1. The molecule has 1 saturated heterocycles. The van der Waals surface area contributed by atoms with Gasteiger partial charge in [0, 0.05) is 16.8 Å². The Bertz CT molecular complexity index is 118. The minimum atomic E-state index is 0.758. The van der Waals surface area contributed by atoms with Crippen LogP contribution in [0.5, 0.6) is 0 Å². The molecule has 0 nitrogen and oxygen atoms in total. The van der Waals surface area contributed by atoms with Crippen molar-refractivity contribution in [3.8, 4) is 0 Å². The van der Waals surface area contributed by atoms with Crippen LogP contribution in [0, 0.1) is 0 Å². The summed E-state index contributed by atoms with van der Waals surface area (Å²) in [6.45, 7) is 4.41. The zero-order valence-corrected chi connectivity index (χ0v) is 7.52. The van der Waals surface area contributed by atoms with E-state index in [1.165, 1.54) is 11.5 Å². The first-order valence-electron chi connectivity index (χ1n) is 3.25. The maximum absolute atomic E-state index is 2.28. The lowest BCUT2D eigenvalue weighted by molar-refractivity contribution is 1.19. The molecule has 1 unspecified atom stereocenters. The zero-order chi connectivity index (χ0) is 6.69. The summed E-state index contributed by atoms with van der Waals surface area (Å²) in [5, 5.41) is 0.758. The lowest BCUT2D eigenvalue weighted by Crippen LogP contribution is -2.07. The van der Waals surface area contributed by atoms with Crippen LogP contribution in [0.2, 0.25) is 0 Å². The van der Waals surface area contributed by atoms with Crippen LogP contribution in [0.15, 0.2) is 11.0 Å². The Kier molecular flexibility index (Phi) is 2.99. The summed E-state index contributed by atoms with van der Waals surface area (Å²) in [6.07, 6.45) is 2.24. The van der Waals surface area contributed by atoms with Crippen LogP contribution in [0.3, 0.4) is 0 Å². The Morgan fingerprint density at radius 2 is 2.33 bits per heavy atom. The summed E-state index contributed by atoms with van der Waals surface area (Å²) in [7, 11) is 0. The molecule has 1 rings (SSSR count). The third-order valence-corrected chi connectivity index (χ3v) is 4.34. The van der Waals surface area contributed by atoms with Gasteiger partial charge in [-0.15, -0.1) is 11.8 Å². The van der Waals surface area contributed by atoms with Gasteiger partial charge in [-0.05, 0) is 18.8 Å². The van der Waals surface area contributed by atoms with Crippen molar-refractivity contribution in [2.24, 2.45) is 0 Å². The van der Waals surface area contributed by atoms with Gasteiger partial charge in [-0.2, -0.15) is 11.8 Å². The molecule has 0 aromatic carbocycles. The second-order valence-corrected chi connectivity index (χ2v) is 4.67. The monoisotopic (exact) mass is 160 g/mol. The fraction of sp³-hybridized carbons (Fsp3) is 0.714. The summed E-state index contributed by atoms with van der Waals surface area (Å²) in [6, 6.07) is 0. The molecule has 0 radical (unpaired) electrons. The fourth-order valence-corrected chi connectivity index (χ4v) is 3.32. The van der Waals surface area contributed by atoms with E-state index in [2.05, 4.69) is 31.7 Å². The number of hydrogen-bond donors (Lipinski definition) is 0. The zero-order valence-electron chi connectivity index (χ0n) is 5.89. The molecule has 0 spiro atoms. The molecule has 0 amide bonds. The van der Waals surface area contributed by atoms with Crippen LogP contribution in [0.1, 0.15) is 13.8 Å². The Balaban J connectivity index is 2.49. The van der Waals surface area contributed by atoms with E-state index in [4.69, 9.17) is 0 Å². The second kappa shape index (κ2) is 3.57. The lowest BCUT2D eigenvalue weighted by Gasteiger charge is -2.19. The number of rotatable bonds is 0. The Hall–Kier alpha value is 0.440. The van der Waals surface area contributed by atoms with Crippen LogP contribution in [-0.4, -0.2) is 16.8 Å². The van der Waals surface area contributed by atoms with E-state index >= 15 is 0 Å². The molecule has 2 heteroatoms. The van der Waals surface area contributed by atoms with E-state index in [0.29, 0.717) is 0 Å². The van der Waals surface area contributed by atoms with Crippen molar-refractivity contribution in [1.82, 2.24) is 0 Å². The first-order chi connectivity index (χ1) is 4.34. The molecule has 1 aliphatic heterocycles. The van der Waals surface area contributed by atoms with Gasteiger partial charge < -0.3 is 0 Å². The second-order valence-electron chi connectivity index (χ2n) is 2.05. The molecule has 9 heavy (non-hydrogen) atoms. The third-order valence-electron chi connectivity index (χ3n) is 1.41. The van der Waals surface area contributed by atoms with Crippen molar-refractivity contribution in [2.45, 2.75) is 19.1 Å². The average Bonchev–Trinajstić information content (AvgIpc) is 1.89. The summed E-state index contributed by atoms with van der Waals surface area (Å²) >= 11 is 4.07. The molecule has 1 fully saturated rings. The van der Waals surface area contributed by atoms with E-state index in [1.54, 1.807) is 4.91 Å². The van der Waals surface area contributed by atoms with E-state index < -0.39 is 0 Å². The predicted molar refractivity (Wildman–Crippen MR) is 48.1 cm³/mol. The fourth-order valence-electron chi connectivity index (χ4n) is 0.902. The smallest absolute Gasteiger partial charge is 0.0325 e. The van der Waals surface area contributed by atoms with Crippen LogP contribution >= 0.6 is 23.5 Å². The van der Waals surface area contributed by atoms with Crippen molar-refractivity contribution < 1.29 is 0 Å². The first-order valence-corrected chi connectivity index (χ1v) is 5.28. The normalized spacial score (nSPS) is 33.1.